The first-order valence-electron chi connectivity index (χ1n) is 4.94. The summed E-state index contributed by atoms with van der Waals surface area (Å²) in [6.45, 7) is 7.15. The fraction of sp³-hybridized carbons (Fsp3) is 0.875. The zero-order chi connectivity index (χ0) is 11.7. The highest BCUT2D eigenvalue weighted by molar-refractivity contribution is 7.80. The number of ether oxygens (including phenoxy) is 1. The molecule has 7 heteroatoms. The van der Waals surface area contributed by atoms with E-state index in [-0.39, 0.29) is 11.4 Å². The second kappa shape index (κ2) is 8.00. The molecule has 0 aromatic carbocycles. The molecule has 0 bridgehead atoms. The summed E-state index contributed by atoms with van der Waals surface area (Å²) in [6, 6.07) is 0. The first kappa shape index (κ1) is 14.8. The lowest BCUT2D eigenvalue weighted by molar-refractivity contribution is 0.0527. The van der Waals surface area contributed by atoms with E-state index < -0.39 is 8.80 Å². The first-order chi connectivity index (χ1) is 7.10. The van der Waals surface area contributed by atoms with E-state index in [1.807, 2.05) is 20.8 Å². The predicted octanol–water partition coefficient (Wildman–Crippen LogP) is 0.834. The van der Waals surface area contributed by atoms with Crippen molar-refractivity contribution in [1.82, 2.24) is 0 Å². The molecule has 5 nitrogen and oxygen atoms in total. The Hall–Kier alpha value is -0.213. The summed E-state index contributed by atoms with van der Waals surface area (Å²) in [5.41, 5.74) is 5.25. The van der Waals surface area contributed by atoms with Crippen LogP contribution in [0.3, 0.4) is 0 Å². The summed E-state index contributed by atoms with van der Waals surface area (Å²) < 4.78 is 21.6. The van der Waals surface area contributed by atoms with Crippen LogP contribution in [0.5, 0.6) is 0 Å². The maximum absolute atomic E-state index is 5.52. The van der Waals surface area contributed by atoms with E-state index >= 15 is 0 Å². The number of hydrogen-bond donors (Lipinski definition) is 1. The van der Waals surface area contributed by atoms with Crippen LogP contribution in [-0.4, -0.2) is 40.0 Å². The second-order valence-electron chi connectivity index (χ2n) is 2.59. The highest BCUT2D eigenvalue weighted by atomic mass is 32.1. The largest absolute Gasteiger partial charge is 0.540 e. The molecule has 0 saturated carbocycles. The van der Waals surface area contributed by atoms with Crippen LogP contribution in [0.1, 0.15) is 20.8 Å². The normalized spacial score (nSPS) is 11.4. The van der Waals surface area contributed by atoms with E-state index in [1.165, 1.54) is 0 Å². The first-order valence-corrected chi connectivity index (χ1v) is 7.28. The molecule has 90 valence electrons. The van der Waals surface area contributed by atoms with Gasteiger partial charge in [0.05, 0.1) is 0 Å². The minimum Gasteiger partial charge on any atom is -0.467 e. The zero-order valence-corrected chi connectivity index (χ0v) is 11.3. The van der Waals surface area contributed by atoms with Crippen molar-refractivity contribution in [2.75, 3.05) is 26.1 Å². The molecule has 2 N–H and O–H groups in total. The average molecular weight is 253 g/mol. The highest BCUT2D eigenvalue weighted by Crippen LogP contribution is 2.10. The lowest BCUT2D eigenvalue weighted by Gasteiger charge is -2.27. The average Bonchev–Trinajstić information content (AvgIpc) is 2.16. The summed E-state index contributed by atoms with van der Waals surface area (Å²) in [5, 5.41) is -0.0222. The third-order valence-corrected chi connectivity index (χ3v) is 4.29. The van der Waals surface area contributed by atoms with Gasteiger partial charge in [-0.05, 0) is 33.0 Å². The number of thiocarbonyl (C=S) groups is 1. The van der Waals surface area contributed by atoms with E-state index in [0.717, 1.165) is 0 Å². The van der Waals surface area contributed by atoms with E-state index in [9.17, 15) is 0 Å². The van der Waals surface area contributed by atoms with Crippen molar-refractivity contribution in [3.05, 3.63) is 0 Å². The van der Waals surface area contributed by atoms with Crippen molar-refractivity contribution in [2.24, 2.45) is 5.73 Å². The van der Waals surface area contributed by atoms with Crippen LogP contribution in [-0.2, 0) is 18.0 Å². The van der Waals surface area contributed by atoms with Crippen LogP contribution in [0, 0.1) is 0 Å². The molecule has 15 heavy (non-hydrogen) atoms. The van der Waals surface area contributed by atoms with Crippen molar-refractivity contribution >= 4 is 26.2 Å². The van der Waals surface area contributed by atoms with E-state index in [4.69, 9.17) is 23.7 Å². The van der Waals surface area contributed by atoms with Crippen molar-refractivity contribution < 1.29 is 18.0 Å². The third-order valence-electron chi connectivity index (χ3n) is 1.48. The third kappa shape index (κ3) is 6.05. The summed E-state index contributed by atoms with van der Waals surface area (Å²) in [6.07, 6.45) is 0.165. The molecular weight excluding hydrogens is 234 g/mol. The van der Waals surface area contributed by atoms with E-state index in [1.54, 1.807) is 0 Å². The van der Waals surface area contributed by atoms with Gasteiger partial charge in [0.15, 0.2) is 6.23 Å². The van der Waals surface area contributed by atoms with Gasteiger partial charge in [-0.1, -0.05) is 0 Å². The van der Waals surface area contributed by atoms with Crippen LogP contribution < -0.4 is 5.73 Å². The Labute approximate surface area is 97.2 Å². The number of nitrogens with two attached hydrogens (primary N) is 1. The minimum absolute atomic E-state index is 0.0222. The van der Waals surface area contributed by atoms with E-state index in [0.29, 0.717) is 19.8 Å². The van der Waals surface area contributed by atoms with Gasteiger partial charge in [0.25, 0.3) is 5.17 Å². The SMILES string of the molecule is CCO[Si](COC(N)=S)(OCC)OCC. The Morgan fingerprint density at radius 2 is 1.47 bits per heavy atom. The Balaban J connectivity index is 4.37. The molecule has 0 aliphatic rings. The van der Waals surface area contributed by atoms with Crippen LogP contribution in [0.2, 0.25) is 0 Å². The molecule has 0 heterocycles. The molecule has 0 atom stereocenters. The quantitative estimate of drug-likeness (QED) is 0.511. The lowest BCUT2D eigenvalue weighted by atomic mass is 10.9. The Bertz CT molecular complexity index is 176. The van der Waals surface area contributed by atoms with E-state index in [2.05, 4.69) is 12.2 Å². The summed E-state index contributed by atoms with van der Waals surface area (Å²) in [5.74, 6) is 0. The smallest absolute Gasteiger partial charge is 0.467 e. The van der Waals surface area contributed by atoms with Gasteiger partial charge in [0.1, 0.15) is 0 Å². The molecule has 0 aromatic rings. The standard InChI is InChI=1S/C8H19NO4SSi/c1-4-11-15(12-5-2,13-6-3)7-10-8(9)14/h4-7H2,1-3H3,(H2,9,14). The molecular formula is C8H19NO4SSi. The summed E-state index contributed by atoms with van der Waals surface area (Å²) >= 11 is 4.63. The van der Waals surface area contributed by atoms with Crippen molar-refractivity contribution in [3.8, 4) is 0 Å². The van der Waals surface area contributed by atoms with Gasteiger partial charge >= 0.3 is 8.80 Å². The monoisotopic (exact) mass is 253 g/mol. The molecule has 0 radical (unpaired) electrons. The number of rotatable bonds is 8. The Morgan fingerprint density at radius 3 is 1.73 bits per heavy atom. The molecule has 0 aliphatic carbocycles. The van der Waals surface area contributed by atoms with Gasteiger partial charge < -0.3 is 23.7 Å². The van der Waals surface area contributed by atoms with Crippen LogP contribution in [0.4, 0.5) is 0 Å². The van der Waals surface area contributed by atoms with Crippen molar-refractivity contribution in [3.63, 3.8) is 0 Å². The van der Waals surface area contributed by atoms with Gasteiger partial charge in [-0.15, -0.1) is 0 Å². The molecule has 0 spiro atoms. The minimum atomic E-state index is -2.75. The maximum Gasteiger partial charge on any atom is 0.540 e. The van der Waals surface area contributed by atoms with Crippen molar-refractivity contribution in [1.29, 1.82) is 0 Å². The Morgan fingerprint density at radius 1 is 1.07 bits per heavy atom. The summed E-state index contributed by atoms with van der Waals surface area (Å²) in [4.78, 5) is 0. The molecule has 0 fully saturated rings. The van der Waals surface area contributed by atoms with Crippen molar-refractivity contribution in [2.45, 2.75) is 20.8 Å². The van der Waals surface area contributed by atoms with Gasteiger partial charge in [0.2, 0.25) is 0 Å². The molecule has 0 aliphatic heterocycles. The molecule has 0 rings (SSSR count). The highest BCUT2D eigenvalue weighted by Gasteiger charge is 2.42. The van der Waals surface area contributed by atoms with Crippen LogP contribution in [0.25, 0.3) is 0 Å². The predicted molar refractivity (Wildman–Crippen MR) is 63.4 cm³/mol. The second-order valence-corrected chi connectivity index (χ2v) is 5.51. The molecule has 0 unspecified atom stereocenters. The van der Waals surface area contributed by atoms with Crippen LogP contribution >= 0.6 is 12.2 Å². The fourth-order valence-corrected chi connectivity index (χ4v) is 3.38. The van der Waals surface area contributed by atoms with Gasteiger partial charge in [-0.3, -0.25) is 0 Å². The topological polar surface area (TPSA) is 62.9 Å². The summed E-state index contributed by atoms with van der Waals surface area (Å²) in [7, 11) is -2.75. The maximum atomic E-state index is 5.52. The zero-order valence-electron chi connectivity index (χ0n) is 9.45. The molecule has 0 aromatic heterocycles. The molecule has 0 amide bonds. The molecule has 0 saturated heterocycles. The van der Waals surface area contributed by atoms with Gasteiger partial charge in [-0.25, -0.2) is 0 Å². The lowest BCUT2D eigenvalue weighted by Crippen LogP contribution is -2.51. The fourth-order valence-electron chi connectivity index (χ4n) is 1.07. The van der Waals surface area contributed by atoms with Gasteiger partial charge in [-0.2, -0.15) is 0 Å². The van der Waals surface area contributed by atoms with Gasteiger partial charge in [0, 0.05) is 19.8 Å². The Kier molecular flexibility index (Phi) is 7.89. The number of hydrogen-bond acceptors (Lipinski definition) is 5. The van der Waals surface area contributed by atoms with Crippen LogP contribution in [0.15, 0.2) is 0 Å².